The quantitative estimate of drug-likeness (QED) is 0.427. The molecule has 0 aliphatic carbocycles. The second kappa shape index (κ2) is 9.21. The highest BCUT2D eigenvalue weighted by Crippen LogP contribution is 2.25. The van der Waals surface area contributed by atoms with Gasteiger partial charge in [-0.2, -0.15) is 0 Å². The second-order valence-electron chi connectivity index (χ2n) is 5.36. The lowest BCUT2D eigenvalue weighted by atomic mass is 10.0. The summed E-state index contributed by atoms with van der Waals surface area (Å²) < 4.78 is 1.19. The van der Waals surface area contributed by atoms with Gasteiger partial charge >= 0.3 is 0 Å². The van der Waals surface area contributed by atoms with E-state index < -0.39 is 0 Å². The van der Waals surface area contributed by atoms with E-state index in [0.29, 0.717) is 5.92 Å². The van der Waals surface area contributed by atoms with Crippen LogP contribution in [-0.4, -0.2) is 0 Å². The topological polar surface area (TPSA) is 0 Å². The summed E-state index contributed by atoms with van der Waals surface area (Å²) in [4.78, 5) is 0. The molecule has 0 aliphatic heterocycles. The zero-order valence-corrected chi connectivity index (χ0v) is 14.0. The molecule has 1 heteroatoms. The maximum atomic E-state index is 3.60. The van der Waals surface area contributed by atoms with Crippen molar-refractivity contribution in [3.63, 3.8) is 0 Å². The fraction of sp³-hybridized carbons (Fsp3) is 0.556. The van der Waals surface area contributed by atoms with Crippen LogP contribution in [0.2, 0.25) is 0 Å². The van der Waals surface area contributed by atoms with Crippen molar-refractivity contribution in [3.05, 3.63) is 33.8 Å². The fourth-order valence-electron chi connectivity index (χ4n) is 2.05. The molecule has 19 heavy (non-hydrogen) atoms. The molecule has 0 atom stereocenters. The summed E-state index contributed by atoms with van der Waals surface area (Å²) in [6, 6.07) is 6.42. The first kappa shape index (κ1) is 16.3. The standard InChI is InChI=1S/C18H25Br/c1-4-5-6-7-8-9-10-11-16-12-13-18(19)17(14-16)15(2)3/h12-15H,4-9H2,1-3H3. The summed E-state index contributed by atoms with van der Waals surface area (Å²) in [5.74, 6) is 7.12. The van der Waals surface area contributed by atoms with Crippen molar-refractivity contribution < 1.29 is 0 Å². The Kier molecular flexibility index (Phi) is 7.91. The minimum Gasteiger partial charge on any atom is -0.0979 e. The van der Waals surface area contributed by atoms with Gasteiger partial charge in [0.2, 0.25) is 0 Å². The number of halogens is 1. The summed E-state index contributed by atoms with van der Waals surface area (Å²) in [6.07, 6.45) is 7.60. The van der Waals surface area contributed by atoms with Gasteiger partial charge in [0.1, 0.15) is 0 Å². The van der Waals surface area contributed by atoms with Gasteiger partial charge in [-0.05, 0) is 36.1 Å². The largest absolute Gasteiger partial charge is 0.0979 e. The zero-order chi connectivity index (χ0) is 14.1. The third kappa shape index (κ3) is 6.30. The van der Waals surface area contributed by atoms with Gasteiger partial charge in [-0.25, -0.2) is 0 Å². The number of rotatable bonds is 6. The first-order valence-electron chi connectivity index (χ1n) is 7.43. The van der Waals surface area contributed by atoms with Gasteiger partial charge in [0.15, 0.2) is 0 Å². The minimum absolute atomic E-state index is 0.533. The Hall–Kier alpha value is -0.740. The molecule has 1 rings (SSSR count). The van der Waals surface area contributed by atoms with Crippen LogP contribution in [0.4, 0.5) is 0 Å². The molecule has 0 N–H and O–H groups in total. The van der Waals surface area contributed by atoms with Gasteiger partial charge in [-0.1, -0.05) is 74.2 Å². The lowest BCUT2D eigenvalue weighted by molar-refractivity contribution is 0.641. The predicted molar refractivity (Wildman–Crippen MR) is 88.5 cm³/mol. The fourth-order valence-corrected chi connectivity index (χ4v) is 2.75. The molecule has 0 amide bonds. The van der Waals surface area contributed by atoms with Crippen LogP contribution in [0.3, 0.4) is 0 Å². The van der Waals surface area contributed by atoms with E-state index in [1.54, 1.807) is 0 Å². The van der Waals surface area contributed by atoms with Crippen LogP contribution in [0.15, 0.2) is 22.7 Å². The van der Waals surface area contributed by atoms with Crippen LogP contribution in [0.25, 0.3) is 0 Å². The van der Waals surface area contributed by atoms with Crippen LogP contribution in [-0.2, 0) is 0 Å². The lowest BCUT2D eigenvalue weighted by Gasteiger charge is -2.08. The molecule has 0 fully saturated rings. The Labute approximate surface area is 127 Å². The predicted octanol–water partition coefficient (Wildman–Crippen LogP) is 6.28. The van der Waals surface area contributed by atoms with E-state index in [4.69, 9.17) is 0 Å². The van der Waals surface area contributed by atoms with Crippen LogP contribution in [0.1, 0.15) is 76.3 Å². The van der Waals surface area contributed by atoms with Crippen molar-refractivity contribution in [2.24, 2.45) is 0 Å². The molecular formula is C18H25Br. The molecular weight excluding hydrogens is 296 g/mol. The zero-order valence-electron chi connectivity index (χ0n) is 12.4. The van der Waals surface area contributed by atoms with Gasteiger partial charge in [0.05, 0.1) is 0 Å². The normalized spacial score (nSPS) is 10.4. The SMILES string of the molecule is CCCCCCCC#Cc1ccc(Br)c(C(C)C)c1. The molecule has 0 nitrogen and oxygen atoms in total. The van der Waals surface area contributed by atoms with E-state index in [2.05, 4.69) is 66.7 Å². The Morgan fingerprint density at radius 2 is 1.84 bits per heavy atom. The molecule has 104 valence electrons. The van der Waals surface area contributed by atoms with Gasteiger partial charge in [-0.15, -0.1) is 0 Å². The average molecular weight is 321 g/mol. The average Bonchev–Trinajstić information content (AvgIpc) is 2.39. The highest BCUT2D eigenvalue weighted by Gasteiger charge is 2.04. The van der Waals surface area contributed by atoms with Gasteiger partial charge in [0, 0.05) is 16.5 Å². The van der Waals surface area contributed by atoms with Crippen LogP contribution >= 0.6 is 15.9 Å². The highest BCUT2D eigenvalue weighted by molar-refractivity contribution is 9.10. The molecule has 0 aliphatic rings. The van der Waals surface area contributed by atoms with E-state index in [-0.39, 0.29) is 0 Å². The van der Waals surface area contributed by atoms with Gasteiger partial charge in [0.25, 0.3) is 0 Å². The summed E-state index contributed by atoms with van der Waals surface area (Å²) in [5, 5.41) is 0. The van der Waals surface area contributed by atoms with E-state index in [9.17, 15) is 0 Å². The number of benzene rings is 1. The maximum Gasteiger partial charge on any atom is 0.0248 e. The van der Waals surface area contributed by atoms with E-state index in [1.165, 1.54) is 42.1 Å². The summed E-state index contributed by atoms with van der Waals surface area (Å²) in [5.41, 5.74) is 2.48. The Balaban J connectivity index is 2.47. The number of hydrogen-bond acceptors (Lipinski definition) is 0. The molecule has 0 spiro atoms. The van der Waals surface area contributed by atoms with Crippen LogP contribution < -0.4 is 0 Å². The molecule has 0 saturated carbocycles. The second-order valence-corrected chi connectivity index (χ2v) is 6.21. The summed E-state index contributed by atoms with van der Waals surface area (Å²) >= 11 is 3.60. The maximum absolute atomic E-state index is 3.60. The lowest BCUT2D eigenvalue weighted by Crippen LogP contribution is -1.90. The number of unbranched alkanes of at least 4 members (excludes halogenated alkanes) is 5. The number of hydrogen-bond donors (Lipinski definition) is 0. The van der Waals surface area contributed by atoms with E-state index in [1.807, 2.05) is 0 Å². The van der Waals surface area contributed by atoms with Crippen molar-refractivity contribution in [3.8, 4) is 11.8 Å². The minimum atomic E-state index is 0.533. The van der Waals surface area contributed by atoms with E-state index in [0.717, 1.165) is 12.0 Å². The van der Waals surface area contributed by atoms with Crippen molar-refractivity contribution in [1.29, 1.82) is 0 Å². The van der Waals surface area contributed by atoms with Crippen molar-refractivity contribution in [2.75, 3.05) is 0 Å². The smallest absolute Gasteiger partial charge is 0.0248 e. The van der Waals surface area contributed by atoms with Crippen molar-refractivity contribution >= 4 is 15.9 Å². The Morgan fingerprint density at radius 3 is 2.53 bits per heavy atom. The molecule has 0 radical (unpaired) electrons. The first-order chi connectivity index (χ1) is 9.15. The third-order valence-corrected chi connectivity index (χ3v) is 3.98. The first-order valence-corrected chi connectivity index (χ1v) is 8.22. The van der Waals surface area contributed by atoms with Crippen LogP contribution in [0, 0.1) is 11.8 Å². The van der Waals surface area contributed by atoms with E-state index >= 15 is 0 Å². The highest BCUT2D eigenvalue weighted by atomic mass is 79.9. The molecule has 0 bridgehead atoms. The molecule has 1 aromatic carbocycles. The van der Waals surface area contributed by atoms with Gasteiger partial charge < -0.3 is 0 Å². The molecule has 1 aromatic rings. The summed E-state index contributed by atoms with van der Waals surface area (Å²) in [6.45, 7) is 6.68. The Bertz CT molecular complexity index is 435. The van der Waals surface area contributed by atoms with Crippen LogP contribution in [0.5, 0.6) is 0 Å². The van der Waals surface area contributed by atoms with Crippen molar-refractivity contribution in [1.82, 2.24) is 0 Å². The molecule has 0 aromatic heterocycles. The van der Waals surface area contributed by atoms with Gasteiger partial charge in [-0.3, -0.25) is 0 Å². The molecule has 0 saturated heterocycles. The third-order valence-electron chi connectivity index (χ3n) is 3.26. The Morgan fingerprint density at radius 1 is 1.11 bits per heavy atom. The van der Waals surface area contributed by atoms with Crippen molar-refractivity contribution in [2.45, 2.75) is 65.2 Å². The monoisotopic (exact) mass is 320 g/mol. The molecule has 0 unspecified atom stereocenters. The molecule has 0 heterocycles. The summed E-state index contributed by atoms with van der Waals surface area (Å²) in [7, 11) is 0.